The number of nitrogens with zero attached hydrogens (tertiary/aromatic N) is 1. The van der Waals surface area contributed by atoms with Crippen molar-refractivity contribution in [1.82, 2.24) is 5.32 Å². The molecule has 4 heteroatoms. The number of aryl methyl sites for hydroxylation is 1. The van der Waals surface area contributed by atoms with Crippen LogP contribution in [0.4, 0.5) is 5.69 Å². The zero-order valence-electron chi connectivity index (χ0n) is 12.4. The number of nitrogens with two attached hydrogens (primary N) is 1. The lowest BCUT2D eigenvalue weighted by atomic mass is 10.00. The number of carbonyl (C=O) groups is 1. The molecule has 1 aromatic rings. The van der Waals surface area contributed by atoms with Gasteiger partial charge in [0.1, 0.15) is 5.54 Å². The van der Waals surface area contributed by atoms with E-state index in [1.165, 1.54) is 5.56 Å². The summed E-state index contributed by atoms with van der Waals surface area (Å²) in [6.07, 6.45) is 0.969. The molecule has 0 aliphatic heterocycles. The molecule has 4 nitrogen and oxygen atoms in total. The van der Waals surface area contributed by atoms with Gasteiger partial charge < -0.3 is 16.0 Å². The van der Waals surface area contributed by atoms with Gasteiger partial charge in [-0.1, -0.05) is 19.1 Å². The minimum atomic E-state index is -0.714. The maximum Gasteiger partial charge on any atom is 0.239 e. The SMILES string of the molecule is CCCNC(C)(CN(C)c1cccc(C)c1)C(N)=O. The molecule has 0 aromatic heterocycles. The molecule has 106 valence electrons. The number of primary amides is 1. The molecule has 1 atom stereocenters. The van der Waals surface area contributed by atoms with Crippen molar-refractivity contribution in [2.75, 3.05) is 25.0 Å². The fourth-order valence-electron chi connectivity index (χ4n) is 2.05. The Balaban J connectivity index is 2.81. The summed E-state index contributed by atoms with van der Waals surface area (Å²) < 4.78 is 0. The van der Waals surface area contributed by atoms with Gasteiger partial charge in [0.15, 0.2) is 0 Å². The second kappa shape index (κ2) is 6.57. The smallest absolute Gasteiger partial charge is 0.239 e. The minimum absolute atomic E-state index is 0.319. The average Bonchev–Trinajstić information content (AvgIpc) is 2.36. The number of rotatable bonds is 7. The van der Waals surface area contributed by atoms with E-state index in [-0.39, 0.29) is 5.91 Å². The van der Waals surface area contributed by atoms with E-state index in [4.69, 9.17) is 5.73 Å². The highest BCUT2D eigenvalue weighted by Crippen LogP contribution is 2.17. The Morgan fingerprint density at radius 3 is 2.68 bits per heavy atom. The molecule has 0 spiro atoms. The van der Waals surface area contributed by atoms with Crippen LogP contribution in [0.25, 0.3) is 0 Å². The maximum atomic E-state index is 11.7. The Morgan fingerprint density at radius 1 is 1.47 bits per heavy atom. The number of anilines is 1. The summed E-state index contributed by atoms with van der Waals surface area (Å²) in [4.78, 5) is 13.7. The summed E-state index contributed by atoms with van der Waals surface area (Å²) in [6.45, 7) is 7.31. The van der Waals surface area contributed by atoms with Gasteiger partial charge in [-0.25, -0.2) is 0 Å². The highest BCUT2D eigenvalue weighted by molar-refractivity contribution is 5.85. The first-order chi connectivity index (χ1) is 8.89. The van der Waals surface area contributed by atoms with Crippen LogP contribution in [0.15, 0.2) is 24.3 Å². The van der Waals surface area contributed by atoms with Gasteiger partial charge in [0, 0.05) is 19.3 Å². The molecule has 0 aliphatic carbocycles. The lowest BCUT2D eigenvalue weighted by Crippen LogP contribution is -2.59. The van der Waals surface area contributed by atoms with Crippen LogP contribution in [-0.4, -0.2) is 31.6 Å². The molecule has 3 N–H and O–H groups in total. The number of amides is 1. The van der Waals surface area contributed by atoms with Crippen LogP contribution in [0.2, 0.25) is 0 Å². The highest BCUT2D eigenvalue weighted by atomic mass is 16.1. The lowest BCUT2D eigenvalue weighted by molar-refractivity contribution is -0.123. The quantitative estimate of drug-likeness (QED) is 0.787. The molecular weight excluding hydrogens is 238 g/mol. The molecule has 1 rings (SSSR count). The minimum Gasteiger partial charge on any atom is -0.372 e. The van der Waals surface area contributed by atoms with Crippen molar-refractivity contribution in [2.24, 2.45) is 5.73 Å². The Labute approximate surface area is 116 Å². The Bertz CT molecular complexity index is 433. The van der Waals surface area contributed by atoms with Gasteiger partial charge in [0.2, 0.25) is 5.91 Å². The molecule has 0 fully saturated rings. The summed E-state index contributed by atoms with van der Waals surface area (Å²) in [7, 11) is 1.98. The van der Waals surface area contributed by atoms with E-state index < -0.39 is 5.54 Å². The highest BCUT2D eigenvalue weighted by Gasteiger charge is 2.31. The molecule has 0 radical (unpaired) electrons. The van der Waals surface area contributed by atoms with Crippen molar-refractivity contribution in [3.63, 3.8) is 0 Å². The van der Waals surface area contributed by atoms with E-state index in [1.807, 2.05) is 26.1 Å². The van der Waals surface area contributed by atoms with E-state index in [0.717, 1.165) is 18.7 Å². The predicted molar refractivity (Wildman–Crippen MR) is 80.3 cm³/mol. The fourth-order valence-corrected chi connectivity index (χ4v) is 2.05. The number of hydrogen-bond donors (Lipinski definition) is 2. The summed E-state index contributed by atoms with van der Waals surface area (Å²) >= 11 is 0. The van der Waals surface area contributed by atoms with Crippen LogP contribution < -0.4 is 16.0 Å². The summed E-state index contributed by atoms with van der Waals surface area (Å²) in [5.41, 5.74) is 7.12. The third-order valence-corrected chi connectivity index (χ3v) is 3.30. The molecule has 1 aromatic carbocycles. The first-order valence-electron chi connectivity index (χ1n) is 6.72. The molecule has 0 heterocycles. The Morgan fingerprint density at radius 2 is 2.16 bits per heavy atom. The Hall–Kier alpha value is -1.55. The van der Waals surface area contributed by atoms with Crippen LogP contribution in [0, 0.1) is 6.92 Å². The van der Waals surface area contributed by atoms with Gasteiger partial charge in [0.05, 0.1) is 0 Å². The molecule has 0 saturated heterocycles. The van der Waals surface area contributed by atoms with Gasteiger partial charge in [-0.15, -0.1) is 0 Å². The number of carbonyl (C=O) groups excluding carboxylic acids is 1. The third kappa shape index (κ3) is 4.24. The zero-order valence-corrected chi connectivity index (χ0v) is 12.4. The molecule has 1 unspecified atom stereocenters. The first-order valence-corrected chi connectivity index (χ1v) is 6.72. The average molecular weight is 263 g/mol. The van der Waals surface area contributed by atoms with E-state index in [1.54, 1.807) is 0 Å². The second-order valence-electron chi connectivity index (χ2n) is 5.32. The van der Waals surface area contributed by atoms with Crippen LogP contribution in [0.5, 0.6) is 0 Å². The van der Waals surface area contributed by atoms with Gasteiger partial charge in [0.25, 0.3) is 0 Å². The van der Waals surface area contributed by atoms with Crippen molar-refractivity contribution < 1.29 is 4.79 Å². The standard InChI is InChI=1S/C15H25N3O/c1-5-9-17-15(3,14(16)19)11-18(4)13-8-6-7-12(2)10-13/h6-8,10,17H,5,9,11H2,1-4H3,(H2,16,19). The van der Waals surface area contributed by atoms with Gasteiger partial charge in [-0.2, -0.15) is 0 Å². The summed E-state index contributed by atoms with van der Waals surface area (Å²) in [5.74, 6) is -0.319. The van der Waals surface area contributed by atoms with Crippen molar-refractivity contribution in [2.45, 2.75) is 32.7 Å². The van der Waals surface area contributed by atoms with Crippen molar-refractivity contribution in [1.29, 1.82) is 0 Å². The number of hydrogen-bond acceptors (Lipinski definition) is 3. The van der Waals surface area contributed by atoms with Gasteiger partial charge in [-0.3, -0.25) is 4.79 Å². The maximum absolute atomic E-state index is 11.7. The number of benzene rings is 1. The van der Waals surface area contributed by atoms with Gasteiger partial charge >= 0.3 is 0 Å². The number of likely N-dealkylation sites (N-methyl/N-ethyl adjacent to an activating group) is 1. The molecule has 0 saturated carbocycles. The van der Waals surface area contributed by atoms with Crippen LogP contribution >= 0.6 is 0 Å². The van der Waals surface area contributed by atoms with Gasteiger partial charge in [-0.05, 0) is 44.5 Å². The van der Waals surface area contributed by atoms with Crippen molar-refractivity contribution >= 4 is 11.6 Å². The molecule has 0 bridgehead atoms. The monoisotopic (exact) mass is 263 g/mol. The van der Waals surface area contributed by atoms with Crippen molar-refractivity contribution in [3.8, 4) is 0 Å². The molecule has 19 heavy (non-hydrogen) atoms. The van der Waals surface area contributed by atoms with Crippen LogP contribution in [0.3, 0.4) is 0 Å². The fraction of sp³-hybridized carbons (Fsp3) is 0.533. The third-order valence-electron chi connectivity index (χ3n) is 3.30. The molecular formula is C15H25N3O. The topological polar surface area (TPSA) is 58.4 Å². The van der Waals surface area contributed by atoms with Crippen LogP contribution in [-0.2, 0) is 4.79 Å². The largest absolute Gasteiger partial charge is 0.372 e. The molecule has 1 amide bonds. The zero-order chi connectivity index (χ0) is 14.5. The van der Waals surface area contributed by atoms with E-state index in [0.29, 0.717) is 6.54 Å². The predicted octanol–water partition coefficient (Wildman–Crippen LogP) is 1.67. The summed E-state index contributed by atoms with van der Waals surface area (Å²) in [6, 6.07) is 8.21. The Kier molecular flexibility index (Phi) is 5.36. The first kappa shape index (κ1) is 15.5. The molecule has 0 aliphatic rings. The van der Waals surface area contributed by atoms with Crippen molar-refractivity contribution in [3.05, 3.63) is 29.8 Å². The van der Waals surface area contributed by atoms with E-state index in [2.05, 4.69) is 36.2 Å². The number of nitrogens with one attached hydrogen (secondary N) is 1. The van der Waals surface area contributed by atoms with E-state index >= 15 is 0 Å². The second-order valence-corrected chi connectivity index (χ2v) is 5.32. The normalized spacial score (nSPS) is 13.9. The van der Waals surface area contributed by atoms with E-state index in [9.17, 15) is 4.79 Å². The lowest BCUT2D eigenvalue weighted by Gasteiger charge is -2.33. The van der Waals surface area contributed by atoms with Crippen LogP contribution in [0.1, 0.15) is 25.8 Å². The summed E-state index contributed by atoms with van der Waals surface area (Å²) in [5, 5.41) is 3.24.